The molecule has 1 saturated heterocycles. The molecular weight excluding hydrogens is 422 g/mol. The number of carbonyl (C=O) groups excluding carboxylic acids is 1. The molecular formula is C23H23N7OS. The first-order valence-corrected chi connectivity index (χ1v) is 11.4. The van der Waals surface area contributed by atoms with Gasteiger partial charge >= 0.3 is 0 Å². The third kappa shape index (κ3) is 4.52. The van der Waals surface area contributed by atoms with Gasteiger partial charge in [0.15, 0.2) is 0 Å². The number of nitrogens with one attached hydrogen (secondary N) is 2. The second-order valence-corrected chi connectivity index (χ2v) is 8.39. The molecule has 1 aliphatic heterocycles. The molecule has 0 spiro atoms. The third-order valence-corrected chi connectivity index (χ3v) is 5.97. The van der Waals surface area contributed by atoms with Crippen LogP contribution in [0.4, 0.5) is 23.1 Å². The van der Waals surface area contributed by atoms with Gasteiger partial charge in [-0.3, -0.25) is 4.79 Å². The Hall–Kier alpha value is -3.59. The van der Waals surface area contributed by atoms with Crippen molar-refractivity contribution < 1.29 is 4.79 Å². The molecule has 0 radical (unpaired) electrons. The zero-order valence-electron chi connectivity index (χ0n) is 17.7. The van der Waals surface area contributed by atoms with Gasteiger partial charge in [0.2, 0.25) is 5.95 Å². The molecule has 1 aliphatic rings. The second kappa shape index (κ2) is 8.88. The topological polar surface area (TPSA) is 95.9 Å². The summed E-state index contributed by atoms with van der Waals surface area (Å²) >= 11 is 1.14. The zero-order valence-corrected chi connectivity index (χ0v) is 18.5. The van der Waals surface area contributed by atoms with Crippen LogP contribution < -0.4 is 15.5 Å². The van der Waals surface area contributed by atoms with E-state index in [4.69, 9.17) is 4.98 Å². The lowest BCUT2D eigenvalue weighted by molar-refractivity contribution is 0.102. The summed E-state index contributed by atoms with van der Waals surface area (Å²) in [5.74, 6) is 1.36. The molecule has 0 saturated carbocycles. The highest BCUT2D eigenvalue weighted by Crippen LogP contribution is 2.22. The number of benzene rings is 2. The summed E-state index contributed by atoms with van der Waals surface area (Å²) in [4.78, 5) is 24.2. The smallest absolute Gasteiger partial charge is 0.255 e. The molecule has 8 nitrogen and oxygen atoms in total. The van der Waals surface area contributed by atoms with Crippen LogP contribution in [-0.2, 0) is 0 Å². The lowest BCUT2D eigenvalue weighted by Gasteiger charge is -2.27. The fourth-order valence-corrected chi connectivity index (χ4v) is 4.28. The highest BCUT2D eigenvalue weighted by Gasteiger charge is 2.15. The number of nitrogens with zero attached hydrogens (tertiary/aromatic N) is 5. The third-order valence-electron chi connectivity index (χ3n) is 5.41. The predicted octanol–water partition coefficient (Wildman–Crippen LogP) is 4.78. The molecule has 4 aromatic rings. The predicted molar refractivity (Wildman–Crippen MR) is 128 cm³/mol. The fourth-order valence-electron chi connectivity index (χ4n) is 3.76. The maximum absolute atomic E-state index is 12.6. The van der Waals surface area contributed by atoms with Crippen molar-refractivity contribution in [2.45, 2.75) is 26.2 Å². The van der Waals surface area contributed by atoms with E-state index >= 15 is 0 Å². The van der Waals surface area contributed by atoms with Crippen LogP contribution in [0, 0.1) is 6.92 Å². The normalized spacial score (nSPS) is 13.8. The summed E-state index contributed by atoms with van der Waals surface area (Å²) < 4.78 is 8.36. The van der Waals surface area contributed by atoms with Crippen molar-refractivity contribution in [3.63, 3.8) is 0 Å². The molecule has 9 heteroatoms. The minimum absolute atomic E-state index is 0.182. The Morgan fingerprint density at radius 2 is 1.66 bits per heavy atom. The van der Waals surface area contributed by atoms with E-state index in [9.17, 15) is 4.79 Å². The van der Waals surface area contributed by atoms with Gasteiger partial charge in [-0.15, -0.1) is 0 Å². The van der Waals surface area contributed by atoms with Gasteiger partial charge in [0.1, 0.15) is 16.9 Å². The monoisotopic (exact) mass is 445 g/mol. The molecule has 5 rings (SSSR count). The van der Waals surface area contributed by atoms with Crippen molar-refractivity contribution in [1.29, 1.82) is 0 Å². The molecule has 1 amide bonds. The molecule has 0 bridgehead atoms. The largest absolute Gasteiger partial charge is 0.341 e. The summed E-state index contributed by atoms with van der Waals surface area (Å²) in [6.07, 6.45) is 3.64. The number of hydrogen-bond donors (Lipinski definition) is 2. The van der Waals surface area contributed by atoms with Crippen molar-refractivity contribution in [2.24, 2.45) is 0 Å². The minimum Gasteiger partial charge on any atom is -0.341 e. The lowest BCUT2D eigenvalue weighted by Crippen LogP contribution is -2.31. The van der Waals surface area contributed by atoms with Crippen molar-refractivity contribution in [3.05, 3.63) is 59.8 Å². The fraction of sp³-hybridized carbons (Fsp3) is 0.261. The summed E-state index contributed by atoms with van der Waals surface area (Å²) in [5, 5.41) is 6.27. The number of fused-ring (bicyclic) bond motifs is 1. The molecule has 0 atom stereocenters. The average Bonchev–Trinajstić information content (AvgIpc) is 3.28. The van der Waals surface area contributed by atoms with Gasteiger partial charge < -0.3 is 15.5 Å². The van der Waals surface area contributed by atoms with E-state index in [1.807, 2.05) is 43.3 Å². The van der Waals surface area contributed by atoms with Crippen molar-refractivity contribution in [2.75, 3.05) is 28.6 Å². The number of hydrogen-bond acceptors (Lipinski definition) is 8. The van der Waals surface area contributed by atoms with Gasteiger partial charge in [-0.25, -0.2) is 4.98 Å². The highest BCUT2D eigenvalue weighted by molar-refractivity contribution is 7.00. The van der Waals surface area contributed by atoms with Gasteiger partial charge in [0.05, 0.1) is 11.7 Å². The van der Waals surface area contributed by atoms with Crippen LogP contribution in [0.2, 0.25) is 0 Å². The highest BCUT2D eigenvalue weighted by atomic mass is 32.1. The van der Waals surface area contributed by atoms with Gasteiger partial charge in [0, 0.05) is 41.8 Å². The van der Waals surface area contributed by atoms with Crippen LogP contribution in [0.25, 0.3) is 11.0 Å². The van der Waals surface area contributed by atoms with E-state index in [1.54, 1.807) is 12.1 Å². The van der Waals surface area contributed by atoms with Crippen LogP contribution in [-0.4, -0.2) is 37.7 Å². The molecule has 1 fully saturated rings. The zero-order chi connectivity index (χ0) is 21.9. The van der Waals surface area contributed by atoms with Crippen molar-refractivity contribution >= 4 is 51.8 Å². The summed E-state index contributed by atoms with van der Waals surface area (Å²) in [5.41, 5.74) is 4.61. The number of rotatable bonds is 5. The van der Waals surface area contributed by atoms with E-state index < -0.39 is 0 Å². The Labute approximate surface area is 190 Å². The second-order valence-electron chi connectivity index (χ2n) is 7.87. The number of amides is 1. The summed E-state index contributed by atoms with van der Waals surface area (Å²) in [6.45, 7) is 3.99. The Bertz CT molecular complexity index is 1250. The molecule has 32 heavy (non-hydrogen) atoms. The quantitative estimate of drug-likeness (QED) is 0.456. The first-order chi connectivity index (χ1) is 15.6. The van der Waals surface area contributed by atoms with Crippen molar-refractivity contribution in [1.82, 2.24) is 18.7 Å². The van der Waals surface area contributed by atoms with Gasteiger partial charge in [-0.1, -0.05) is 0 Å². The Morgan fingerprint density at radius 3 is 2.47 bits per heavy atom. The number of carbonyl (C=O) groups is 1. The maximum atomic E-state index is 12.6. The first-order valence-electron chi connectivity index (χ1n) is 10.7. The van der Waals surface area contributed by atoms with Gasteiger partial charge in [-0.05, 0) is 68.7 Å². The molecule has 3 heterocycles. The van der Waals surface area contributed by atoms with E-state index in [-0.39, 0.29) is 5.91 Å². The first kappa shape index (κ1) is 20.3. The van der Waals surface area contributed by atoms with Crippen LogP contribution in [0.5, 0.6) is 0 Å². The minimum atomic E-state index is -0.182. The maximum Gasteiger partial charge on any atom is 0.255 e. The van der Waals surface area contributed by atoms with Crippen LogP contribution in [0.3, 0.4) is 0 Å². The van der Waals surface area contributed by atoms with Crippen molar-refractivity contribution in [3.8, 4) is 0 Å². The molecule has 2 aromatic carbocycles. The molecule has 0 aliphatic carbocycles. The molecule has 2 aromatic heterocycles. The Kier molecular flexibility index (Phi) is 5.64. The summed E-state index contributed by atoms with van der Waals surface area (Å²) in [6, 6.07) is 14.8. The molecule has 0 unspecified atom stereocenters. The number of aromatic nitrogens is 4. The molecule has 162 valence electrons. The van der Waals surface area contributed by atoms with Crippen LogP contribution in [0.1, 0.15) is 35.3 Å². The van der Waals surface area contributed by atoms with E-state index in [0.29, 0.717) is 11.3 Å². The van der Waals surface area contributed by atoms with E-state index in [0.717, 1.165) is 59.0 Å². The van der Waals surface area contributed by atoms with E-state index in [1.165, 1.54) is 19.3 Å². The number of piperidine rings is 1. The Balaban J connectivity index is 1.26. The standard InChI is InChI=1S/C23H23N7OS/c1-15-13-21(27-23(24-15)30-11-3-2-4-12-30)25-17-6-8-18(9-7-17)26-22(31)16-5-10-19-20(14-16)29-32-28-19/h5-10,13-14H,2-4,11-12H2,1H3,(H,26,31)(H,24,25,27). The lowest BCUT2D eigenvalue weighted by atomic mass is 10.1. The summed E-state index contributed by atoms with van der Waals surface area (Å²) in [7, 11) is 0. The number of aryl methyl sites for hydroxylation is 1. The number of anilines is 4. The van der Waals surface area contributed by atoms with Gasteiger partial charge in [0.25, 0.3) is 5.91 Å². The van der Waals surface area contributed by atoms with E-state index in [2.05, 4.69) is 29.3 Å². The average molecular weight is 446 g/mol. The Morgan fingerprint density at radius 1 is 0.906 bits per heavy atom. The SMILES string of the molecule is Cc1cc(Nc2ccc(NC(=O)c3ccc4nsnc4c3)cc2)nc(N2CCCCC2)n1. The molecule has 2 N–H and O–H groups in total. The van der Waals surface area contributed by atoms with Gasteiger partial charge in [-0.2, -0.15) is 13.7 Å². The van der Waals surface area contributed by atoms with Crippen LogP contribution in [0.15, 0.2) is 48.5 Å². The van der Waals surface area contributed by atoms with Crippen LogP contribution >= 0.6 is 11.7 Å².